The molecule has 3 heteroatoms. The van der Waals surface area contributed by atoms with Gasteiger partial charge in [0, 0.05) is 11.1 Å². The van der Waals surface area contributed by atoms with Crippen LogP contribution < -0.4 is 0 Å². The third-order valence-electron chi connectivity index (χ3n) is 3.61. The van der Waals surface area contributed by atoms with Crippen molar-refractivity contribution in [2.24, 2.45) is 0 Å². The lowest BCUT2D eigenvalue weighted by Crippen LogP contribution is -1.86. The van der Waals surface area contributed by atoms with Gasteiger partial charge < -0.3 is 0 Å². The lowest BCUT2D eigenvalue weighted by molar-refractivity contribution is 0.632. The van der Waals surface area contributed by atoms with Crippen molar-refractivity contribution in [3.63, 3.8) is 0 Å². The van der Waals surface area contributed by atoms with Crippen molar-refractivity contribution >= 4 is 34.0 Å². The van der Waals surface area contributed by atoms with Crippen molar-refractivity contribution in [1.82, 2.24) is 0 Å². The fourth-order valence-electron chi connectivity index (χ4n) is 2.87. The molecule has 0 unspecified atom stereocenters. The molecule has 0 nitrogen and oxygen atoms in total. The Morgan fingerprint density at radius 3 is 2.11 bits per heavy atom. The summed E-state index contributed by atoms with van der Waals surface area (Å²) in [6.45, 7) is 0. The van der Waals surface area contributed by atoms with E-state index in [2.05, 4.69) is 0 Å². The van der Waals surface area contributed by atoms with Crippen molar-refractivity contribution in [2.45, 2.75) is 0 Å². The van der Waals surface area contributed by atoms with Gasteiger partial charge in [0.1, 0.15) is 5.82 Å². The highest BCUT2D eigenvalue weighted by Crippen LogP contribution is 2.52. The third kappa shape index (κ3) is 1.35. The van der Waals surface area contributed by atoms with Crippen LogP contribution in [0, 0.1) is 5.82 Å². The molecular weight excluding hydrogens is 282 g/mol. The fraction of sp³-hybridized carbons (Fsp3) is 0. The third-order valence-corrected chi connectivity index (χ3v) is 4.19. The predicted octanol–water partition coefficient (Wildman–Crippen LogP) is 5.93. The molecule has 0 saturated carbocycles. The van der Waals surface area contributed by atoms with E-state index in [-0.39, 0.29) is 5.02 Å². The lowest BCUT2D eigenvalue weighted by Gasteiger charge is -2.07. The SMILES string of the molecule is Fc1c(Cl)cc(Cl)c2c1-c1cccc3cccc-2c13. The van der Waals surface area contributed by atoms with E-state index in [0.717, 1.165) is 27.5 Å². The van der Waals surface area contributed by atoms with Gasteiger partial charge in [-0.2, -0.15) is 0 Å². The molecule has 0 atom stereocenters. The van der Waals surface area contributed by atoms with E-state index in [4.69, 9.17) is 23.2 Å². The van der Waals surface area contributed by atoms with Crippen LogP contribution in [0.2, 0.25) is 10.0 Å². The van der Waals surface area contributed by atoms with Crippen LogP contribution in [0.5, 0.6) is 0 Å². The molecular formula is C16H7Cl2F. The highest BCUT2D eigenvalue weighted by Gasteiger charge is 2.27. The summed E-state index contributed by atoms with van der Waals surface area (Å²) in [5.41, 5.74) is 3.10. The summed E-state index contributed by atoms with van der Waals surface area (Å²) in [5, 5.41) is 2.68. The van der Waals surface area contributed by atoms with Crippen molar-refractivity contribution in [1.29, 1.82) is 0 Å². The smallest absolute Gasteiger partial charge is 0.150 e. The van der Waals surface area contributed by atoms with Crippen molar-refractivity contribution in [3.8, 4) is 22.3 Å². The maximum Gasteiger partial charge on any atom is 0.150 e. The normalized spacial score (nSPS) is 11.9. The molecule has 0 aliphatic heterocycles. The van der Waals surface area contributed by atoms with Gasteiger partial charge in [-0.25, -0.2) is 4.39 Å². The van der Waals surface area contributed by atoms with Gasteiger partial charge in [-0.15, -0.1) is 0 Å². The van der Waals surface area contributed by atoms with E-state index in [1.54, 1.807) is 0 Å². The number of benzene rings is 3. The Labute approximate surface area is 119 Å². The van der Waals surface area contributed by atoms with Crippen molar-refractivity contribution in [3.05, 3.63) is 58.3 Å². The Hall–Kier alpha value is -1.57. The predicted molar refractivity (Wildman–Crippen MR) is 78.4 cm³/mol. The first-order chi connectivity index (χ1) is 9.18. The molecule has 3 aromatic carbocycles. The Morgan fingerprint density at radius 1 is 0.789 bits per heavy atom. The molecule has 0 N–H and O–H groups in total. The van der Waals surface area contributed by atoms with E-state index in [0.29, 0.717) is 10.6 Å². The van der Waals surface area contributed by atoms with Gasteiger partial charge in [-0.3, -0.25) is 0 Å². The van der Waals surface area contributed by atoms with Crippen LogP contribution in [-0.2, 0) is 0 Å². The van der Waals surface area contributed by atoms with Crippen molar-refractivity contribution in [2.75, 3.05) is 0 Å². The maximum atomic E-state index is 14.4. The second kappa shape index (κ2) is 3.72. The molecule has 3 aromatic rings. The van der Waals surface area contributed by atoms with E-state index in [9.17, 15) is 4.39 Å². The van der Waals surface area contributed by atoms with Gasteiger partial charge in [0.2, 0.25) is 0 Å². The molecule has 0 bridgehead atoms. The summed E-state index contributed by atoms with van der Waals surface area (Å²) in [5.74, 6) is -0.398. The van der Waals surface area contributed by atoms with Gasteiger partial charge in [-0.05, 0) is 28.0 Å². The van der Waals surface area contributed by atoms with Crippen molar-refractivity contribution < 1.29 is 4.39 Å². The van der Waals surface area contributed by atoms with Crippen LogP contribution in [0.15, 0.2) is 42.5 Å². The molecule has 19 heavy (non-hydrogen) atoms. The first kappa shape index (κ1) is 11.3. The second-order valence-corrected chi connectivity index (χ2v) is 5.43. The maximum absolute atomic E-state index is 14.4. The number of fused-ring (bicyclic) bond motifs is 3. The minimum Gasteiger partial charge on any atom is -0.205 e. The molecule has 1 aliphatic rings. The average molecular weight is 289 g/mol. The van der Waals surface area contributed by atoms with Crippen LogP contribution in [-0.4, -0.2) is 0 Å². The highest BCUT2D eigenvalue weighted by atomic mass is 35.5. The Kier molecular flexibility index (Phi) is 2.21. The van der Waals surface area contributed by atoms with Crippen LogP contribution in [0.25, 0.3) is 33.0 Å². The second-order valence-electron chi connectivity index (χ2n) is 4.61. The molecule has 92 valence electrons. The molecule has 0 spiro atoms. The molecule has 1 aliphatic carbocycles. The molecule has 0 saturated heterocycles. The Morgan fingerprint density at radius 2 is 1.42 bits per heavy atom. The fourth-order valence-corrected chi connectivity index (χ4v) is 3.43. The molecule has 0 aromatic heterocycles. The van der Waals surface area contributed by atoms with Gasteiger partial charge in [0.15, 0.2) is 0 Å². The molecule has 0 fully saturated rings. The topological polar surface area (TPSA) is 0 Å². The van der Waals surface area contributed by atoms with Gasteiger partial charge >= 0.3 is 0 Å². The number of hydrogen-bond donors (Lipinski definition) is 0. The quantitative estimate of drug-likeness (QED) is 0.352. The largest absolute Gasteiger partial charge is 0.205 e. The molecule has 0 heterocycles. The lowest BCUT2D eigenvalue weighted by atomic mass is 10.0. The molecule has 0 amide bonds. The van der Waals surface area contributed by atoms with Crippen LogP contribution in [0.3, 0.4) is 0 Å². The zero-order valence-corrected chi connectivity index (χ0v) is 11.2. The van der Waals surface area contributed by atoms with Crippen LogP contribution in [0.1, 0.15) is 0 Å². The Balaban J connectivity index is 2.30. The number of hydrogen-bond acceptors (Lipinski definition) is 0. The van der Waals surface area contributed by atoms with E-state index in [1.165, 1.54) is 6.07 Å². The van der Waals surface area contributed by atoms with E-state index in [1.807, 2.05) is 36.4 Å². The van der Waals surface area contributed by atoms with E-state index >= 15 is 0 Å². The standard InChI is InChI=1S/C16H7Cl2F/c17-11-7-12(18)16(19)15-10-6-2-4-8-3-1-5-9(13(8)10)14(11)15/h1-7H. The summed E-state index contributed by atoms with van der Waals surface area (Å²) in [4.78, 5) is 0. The summed E-state index contributed by atoms with van der Waals surface area (Å²) in [7, 11) is 0. The minimum atomic E-state index is -0.398. The molecule has 4 rings (SSSR count). The summed E-state index contributed by atoms with van der Waals surface area (Å²) >= 11 is 12.2. The zero-order chi connectivity index (χ0) is 13.1. The average Bonchev–Trinajstić information content (AvgIpc) is 2.74. The number of rotatable bonds is 0. The van der Waals surface area contributed by atoms with Gasteiger partial charge in [0.05, 0.1) is 10.0 Å². The summed E-state index contributed by atoms with van der Waals surface area (Å²) in [6.07, 6.45) is 0. The van der Waals surface area contributed by atoms with Gasteiger partial charge in [-0.1, -0.05) is 59.6 Å². The first-order valence-corrected chi connectivity index (χ1v) is 6.64. The van der Waals surface area contributed by atoms with E-state index < -0.39 is 5.82 Å². The monoisotopic (exact) mass is 288 g/mol. The van der Waals surface area contributed by atoms with Gasteiger partial charge in [0.25, 0.3) is 0 Å². The summed E-state index contributed by atoms with van der Waals surface area (Å²) < 4.78 is 14.4. The highest BCUT2D eigenvalue weighted by molar-refractivity contribution is 6.39. The first-order valence-electron chi connectivity index (χ1n) is 5.88. The number of halogens is 3. The Bertz CT molecular complexity index is 848. The van der Waals surface area contributed by atoms with Crippen LogP contribution in [0.4, 0.5) is 4.39 Å². The zero-order valence-electron chi connectivity index (χ0n) is 9.68. The molecule has 0 radical (unpaired) electrons. The summed E-state index contributed by atoms with van der Waals surface area (Å²) in [6, 6.07) is 13.3. The van der Waals surface area contributed by atoms with Crippen LogP contribution >= 0.6 is 23.2 Å². The minimum absolute atomic E-state index is 0.0635.